The second-order valence-corrected chi connectivity index (χ2v) is 6.59. The Labute approximate surface area is 119 Å². The van der Waals surface area contributed by atoms with Crippen LogP contribution >= 0.6 is 33.9 Å². The van der Waals surface area contributed by atoms with Gasteiger partial charge in [-0.1, -0.05) is 12.1 Å². The number of halogens is 1. The molecule has 0 saturated carbocycles. The van der Waals surface area contributed by atoms with Crippen LogP contribution in [-0.4, -0.2) is 6.54 Å². The van der Waals surface area contributed by atoms with Crippen molar-refractivity contribution in [3.63, 3.8) is 0 Å². The van der Waals surface area contributed by atoms with Crippen molar-refractivity contribution in [3.05, 3.63) is 55.3 Å². The second-order valence-electron chi connectivity index (χ2n) is 4.40. The van der Waals surface area contributed by atoms with Crippen LogP contribution < -0.4 is 5.32 Å². The van der Waals surface area contributed by atoms with Crippen molar-refractivity contribution in [3.8, 4) is 0 Å². The molecule has 1 atom stereocenters. The van der Waals surface area contributed by atoms with Crippen molar-refractivity contribution < 1.29 is 0 Å². The lowest BCUT2D eigenvalue weighted by Crippen LogP contribution is -2.29. The maximum atomic E-state index is 3.64. The molecule has 1 aliphatic rings. The number of rotatable bonds is 2. The SMILES string of the molecule is Ic1cccc(CC2NCCc3ccsc32)c1. The van der Waals surface area contributed by atoms with Gasteiger partial charge in [0.05, 0.1) is 0 Å². The predicted octanol–water partition coefficient (Wildman–Crippen LogP) is 3.78. The molecule has 0 aliphatic carbocycles. The molecule has 3 heteroatoms. The molecule has 0 spiro atoms. The molecule has 0 saturated heterocycles. The third-order valence-corrected chi connectivity index (χ3v) is 4.95. The highest BCUT2D eigenvalue weighted by atomic mass is 127. The van der Waals surface area contributed by atoms with E-state index in [-0.39, 0.29) is 0 Å². The Bertz CT molecular complexity index is 520. The molecule has 1 nitrogen and oxygen atoms in total. The first-order chi connectivity index (χ1) is 8.33. The second kappa shape index (κ2) is 5.08. The summed E-state index contributed by atoms with van der Waals surface area (Å²) < 4.78 is 1.32. The maximum absolute atomic E-state index is 3.64. The molecule has 0 radical (unpaired) electrons. The molecule has 1 aromatic carbocycles. The van der Waals surface area contributed by atoms with E-state index in [0.717, 1.165) is 13.0 Å². The van der Waals surface area contributed by atoms with E-state index in [1.54, 1.807) is 5.56 Å². The van der Waals surface area contributed by atoms with Gasteiger partial charge in [-0.25, -0.2) is 0 Å². The van der Waals surface area contributed by atoms with E-state index < -0.39 is 0 Å². The topological polar surface area (TPSA) is 12.0 Å². The average molecular weight is 355 g/mol. The van der Waals surface area contributed by atoms with Crippen LogP contribution in [0.5, 0.6) is 0 Å². The summed E-state index contributed by atoms with van der Waals surface area (Å²) in [6, 6.07) is 11.6. The zero-order valence-corrected chi connectivity index (χ0v) is 12.4. The lowest BCUT2D eigenvalue weighted by atomic mass is 9.98. The molecular formula is C14H14INS. The zero-order valence-electron chi connectivity index (χ0n) is 9.45. The monoisotopic (exact) mass is 355 g/mol. The van der Waals surface area contributed by atoms with Gasteiger partial charge in [0, 0.05) is 14.5 Å². The largest absolute Gasteiger partial charge is 0.309 e. The van der Waals surface area contributed by atoms with Gasteiger partial charge in [0.2, 0.25) is 0 Å². The number of benzene rings is 1. The minimum atomic E-state index is 0.511. The van der Waals surface area contributed by atoms with Gasteiger partial charge in [-0.3, -0.25) is 0 Å². The van der Waals surface area contributed by atoms with Crippen LogP contribution in [-0.2, 0) is 12.8 Å². The third-order valence-electron chi connectivity index (χ3n) is 3.21. The van der Waals surface area contributed by atoms with E-state index in [1.807, 2.05) is 11.3 Å². The van der Waals surface area contributed by atoms with Crippen molar-refractivity contribution >= 4 is 33.9 Å². The van der Waals surface area contributed by atoms with Gasteiger partial charge in [0.15, 0.2) is 0 Å². The number of hydrogen-bond donors (Lipinski definition) is 1. The Morgan fingerprint density at radius 1 is 1.35 bits per heavy atom. The standard InChI is InChI=1S/C14H14INS/c15-12-3-1-2-10(8-12)9-13-14-11(4-6-16-13)5-7-17-14/h1-3,5,7-8,13,16H,4,6,9H2. The maximum Gasteiger partial charge on any atom is 0.0458 e. The lowest BCUT2D eigenvalue weighted by molar-refractivity contribution is 0.512. The summed E-state index contributed by atoms with van der Waals surface area (Å²) in [5, 5.41) is 5.86. The molecule has 0 amide bonds. The van der Waals surface area contributed by atoms with Crippen LogP contribution in [0.2, 0.25) is 0 Å². The van der Waals surface area contributed by atoms with Crippen LogP contribution in [0.4, 0.5) is 0 Å². The average Bonchev–Trinajstić information content (AvgIpc) is 2.78. The summed E-state index contributed by atoms with van der Waals surface area (Å²) >= 11 is 4.27. The summed E-state index contributed by atoms with van der Waals surface area (Å²) in [6.07, 6.45) is 2.28. The fourth-order valence-corrected chi connectivity index (χ4v) is 4.04. The summed E-state index contributed by atoms with van der Waals surface area (Å²) in [5.74, 6) is 0. The summed E-state index contributed by atoms with van der Waals surface area (Å²) in [4.78, 5) is 1.54. The van der Waals surface area contributed by atoms with Crippen LogP contribution in [0, 0.1) is 3.57 Å². The highest BCUT2D eigenvalue weighted by Crippen LogP contribution is 2.30. The van der Waals surface area contributed by atoms with Crippen LogP contribution in [0.15, 0.2) is 35.7 Å². The molecule has 1 unspecified atom stereocenters. The normalized spacial score (nSPS) is 19.0. The molecular weight excluding hydrogens is 341 g/mol. The van der Waals surface area contributed by atoms with Crippen molar-refractivity contribution in [1.82, 2.24) is 5.32 Å². The highest BCUT2D eigenvalue weighted by Gasteiger charge is 2.20. The molecule has 17 heavy (non-hydrogen) atoms. The third kappa shape index (κ3) is 2.56. The molecule has 88 valence electrons. The molecule has 3 rings (SSSR count). The number of thiophene rings is 1. The van der Waals surface area contributed by atoms with Gasteiger partial charge in [0.25, 0.3) is 0 Å². The first kappa shape index (κ1) is 11.7. The van der Waals surface area contributed by atoms with Crippen molar-refractivity contribution in [1.29, 1.82) is 0 Å². The number of nitrogens with one attached hydrogen (secondary N) is 1. The van der Waals surface area contributed by atoms with Gasteiger partial charge >= 0.3 is 0 Å². The van der Waals surface area contributed by atoms with Crippen LogP contribution in [0.25, 0.3) is 0 Å². The lowest BCUT2D eigenvalue weighted by Gasteiger charge is -2.24. The van der Waals surface area contributed by atoms with Gasteiger partial charge in [-0.05, 0) is 76.7 Å². The Balaban J connectivity index is 1.84. The first-order valence-electron chi connectivity index (χ1n) is 5.87. The molecule has 2 aromatic rings. The van der Waals surface area contributed by atoms with E-state index in [4.69, 9.17) is 0 Å². The molecule has 2 heterocycles. The number of hydrogen-bond acceptors (Lipinski definition) is 2. The Morgan fingerprint density at radius 2 is 2.29 bits per heavy atom. The van der Waals surface area contributed by atoms with E-state index in [0.29, 0.717) is 6.04 Å². The fraction of sp³-hybridized carbons (Fsp3) is 0.286. The zero-order chi connectivity index (χ0) is 11.7. The Kier molecular flexibility index (Phi) is 3.49. The fourth-order valence-electron chi connectivity index (χ4n) is 2.40. The number of fused-ring (bicyclic) bond motifs is 1. The minimum absolute atomic E-state index is 0.511. The van der Waals surface area contributed by atoms with E-state index in [1.165, 1.54) is 20.4 Å². The first-order valence-corrected chi connectivity index (χ1v) is 7.83. The minimum Gasteiger partial charge on any atom is -0.309 e. The van der Waals surface area contributed by atoms with Gasteiger partial charge in [-0.15, -0.1) is 11.3 Å². The van der Waals surface area contributed by atoms with E-state index >= 15 is 0 Å². The molecule has 0 fully saturated rings. The molecule has 1 N–H and O–H groups in total. The van der Waals surface area contributed by atoms with E-state index in [9.17, 15) is 0 Å². The molecule has 1 aromatic heterocycles. The van der Waals surface area contributed by atoms with Crippen molar-refractivity contribution in [2.75, 3.05) is 6.54 Å². The van der Waals surface area contributed by atoms with Crippen LogP contribution in [0.1, 0.15) is 22.0 Å². The highest BCUT2D eigenvalue weighted by molar-refractivity contribution is 14.1. The predicted molar refractivity (Wildman–Crippen MR) is 81.6 cm³/mol. The van der Waals surface area contributed by atoms with Crippen LogP contribution in [0.3, 0.4) is 0 Å². The quantitative estimate of drug-likeness (QED) is 0.809. The molecule has 1 aliphatic heterocycles. The Morgan fingerprint density at radius 3 is 3.18 bits per heavy atom. The van der Waals surface area contributed by atoms with Gasteiger partial charge in [-0.2, -0.15) is 0 Å². The smallest absolute Gasteiger partial charge is 0.0458 e. The van der Waals surface area contributed by atoms with Crippen molar-refractivity contribution in [2.24, 2.45) is 0 Å². The van der Waals surface area contributed by atoms with Gasteiger partial charge < -0.3 is 5.32 Å². The summed E-state index contributed by atoms with van der Waals surface area (Å²) in [5.41, 5.74) is 2.97. The summed E-state index contributed by atoms with van der Waals surface area (Å²) in [6.45, 7) is 1.11. The molecule has 0 bridgehead atoms. The van der Waals surface area contributed by atoms with E-state index in [2.05, 4.69) is 63.6 Å². The Hall–Kier alpha value is -0.390. The summed E-state index contributed by atoms with van der Waals surface area (Å²) in [7, 11) is 0. The van der Waals surface area contributed by atoms with Crippen molar-refractivity contribution in [2.45, 2.75) is 18.9 Å². The van der Waals surface area contributed by atoms with Gasteiger partial charge in [0.1, 0.15) is 0 Å².